The standard InChI is InChI=1S/C12H12BrN5O4S/c1-7(17-6-9(18(20)21)12(16-17)22-2)11(19)15-14-5-8-3-4-10(13)23-8/h3-7H,1-2H3,(H,15,19). The quantitative estimate of drug-likeness (QED) is 0.453. The summed E-state index contributed by atoms with van der Waals surface area (Å²) in [5.41, 5.74) is 2.06. The highest BCUT2D eigenvalue weighted by Crippen LogP contribution is 2.26. The number of hydrazone groups is 1. The second-order valence-electron chi connectivity index (χ2n) is 4.31. The van der Waals surface area contributed by atoms with Gasteiger partial charge in [-0.05, 0) is 35.0 Å². The SMILES string of the molecule is COc1nn(C(C)C(=O)NN=Cc2ccc(Br)s2)cc1[N+](=O)[O-]. The van der Waals surface area contributed by atoms with E-state index in [1.165, 1.54) is 24.7 Å². The topological polar surface area (TPSA) is 112 Å². The molecule has 0 aliphatic heterocycles. The maximum Gasteiger partial charge on any atom is 0.350 e. The van der Waals surface area contributed by atoms with Gasteiger partial charge in [-0.2, -0.15) is 5.10 Å². The Morgan fingerprint density at radius 2 is 2.39 bits per heavy atom. The van der Waals surface area contributed by atoms with Crippen LogP contribution in [0.2, 0.25) is 0 Å². The third kappa shape index (κ3) is 4.13. The molecule has 1 unspecified atom stereocenters. The molecule has 0 aliphatic carbocycles. The second kappa shape index (κ2) is 7.33. The molecule has 1 atom stereocenters. The van der Waals surface area contributed by atoms with Gasteiger partial charge in [0.15, 0.2) is 0 Å². The Labute approximate surface area is 143 Å². The van der Waals surface area contributed by atoms with Crippen molar-refractivity contribution < 1.29 is 14.5 Å². The van der Waals surface area contributed by atoms with Crippen LogP contribution in [0, 0.1) is 10.1 Å². The number of ether oxygens (including phenoxy) is 1. The molecule has 0 bridgehead atoms. The van der Waals surface area contributed by atoms with Gasteiger partial charge in [0.05, 0.1) is 22.0 Å². The smallest absolute Gasteiger partial charge is 0.350 e. The molecule has 122 valence electrons. The number of amides is 1. The number of hydrogen-bond acceptors (Lipinski definition) is 7. The highest BCUT2D eigenvalue weighted by molar-refractivity contribution is 9.11. The fraction of sp³-hybridized carbons (Fsp3) is 0.250. The Hall–Kier alpha value is -2.27. The zero-order valence-electron chi connectivity index (χ0n) is 12.1. The van der Waals surface area contributed by atoms with Crippen LogP contribution >= 0.6 is 27.3 Å². The predicted octanol–water partition coefficient (Wildman–Crippen LogP) is 2.34. The van der Waals surface area contributed by atoms with Gasteiger partial charge in [-0.15, -0.1) is 16.4 Å². The fourth-order valence-corrected chi connectivity index (χ4v) is 2.90. The first kappa shape index (κ1) is 17.1. The van der Waals surface area contributed by atoms with Crippen LogP contribution in [-0.2, 0) is 4.79 Å². The number of halogens is 1. The van der Waals surface area contributed by atoms with E-state index in [0.717, 1.165) is 19.5 Å². The first-order chi connectivity index (χ1) is 10.9. The number of nitrogens with zero attached hydrogens (tertiary/aromatic N) is 4. The highest BCUT2D eigenvalue weighted by atomic mass is 79.9. The lowest BCUT2D eigenvalue weighted by molar-refractivity contribution is -0.385. The van der Waals surface area contributed by atoms with Crippen molar-refractivity contribution in [2.24, 2.45) is 5.10 Å². The summed E-state index contributed by atoms with van der Waals surface area (Å²) in [4.78, 5) is 23.1. The number of aromatic nitrogens is 2. The van der Waals surface area contributed by atoms with Gasteiger partial charge in [0, 0.05) is 4.88 Å². The Morgan fingerprint density at radius 3 is 2.91 bits per heavy atom. The number of nitrogens with one attached hydrogen (secondary N) is 1. The summed E-state index contributed by atoms with van der Waals surface area (Å²) >= 11 is 4.79. The molecule has 2 rings (SSSR count). The van der Waals surface area contributed by atoms with Crippen LogP contribution in [0.25, 0.3) is 0 Å². The van der Waals surface area contributed by atoms with Crippen molar-refractivity contribution in [1.82, 2.24) is 15.2 Å². The molecule has 0 aliphatic rings. The number of hydrogen-bond donors (Lipinski definition) is 1. The van der Waals surface area contributed by atoms with Gasteiger partial charge in [0.1, 0.15) is 12.2 Å². The summed E-state index contributed by atoms with van der Waals surface area (Å²) in [6, 6.07) is 2.92. The van der Waals surface area contributed by atoms with E-state index in [-0.39, 0.29) is 11.6 Å². The van der Waals surface area contributed by atoms with Crippen molar-refractivity contribution in [3.8, 4) is 5.88 Å². The third-order valence-corrected chi connectivity index (χ3v) is 4.37. The molecule has 0 radical (unpaired) electrons. The Bertz CT molecular complexity index is 756. The average molecular weight is 402 g/mol. The monoisotopic (exact) mass is 401 g/mol. The van der Waals surface area contributed by atoms with Gasteiger partial charge >= 0.3 is 11.6 Å². The Kier molecular flexibility index (Phi) is 5.45. The maximum atomic E-state index is 12.0. The molecule has 2 aromatic heterocycles. The van der Waals surface area contributed by atoms with Crippen molar-refractivity contribution in [3.63, 3.8) is 0 Å². The molecule has 0 spiro atoms. The first-order valence-corrected chi connectivity index (χ1v) is 7.89. The van der Waals surface area contributed by atoms with E-state index in [1.54, 1.807) is 6.92 Å². The summed E-state index contributed by atoms with van der Waals surface area (Å²) in [5, 5.41) is 18.6. The predicted molar refractivity (Wildman–Crippen MR) is 87.9 cm³/mol. The van der Waals surface area contributed by atoms with E-state index in [4.69, 9.17) is 4.74 Å². The van der Waals surface area contributed by atoms with Crippen molar-refractivity contribution >= 4 is 45.1 Å². The summed E-state index contributed by atoms with van der Waals surface area (Å²) < 4.78 is 6.93. The summed E-state index contributed by atoms with van der Waals surface area (Å²) in [7, 11) is 1.27. The number of carbonyl (C=O) groups excluding carboxylic acids is 1. The zero-order chi connectivity index (χ0) is 17.0. The molecule has 0 fully saturated rings. The number of carbonyl (C=O) groups is 1. The van der Waals surface area contributed by atoms with Crippen molar-refractivity contribution in [3.05, 3.63) is 37.1 Å². The van der Waals surface area contributed by atoms with E-state index in [1.807, 2.05) is 12.1 Å². The third-order valence-electron chi connectivity index (χ3n) is 2.81. The summed E-state index contributed by atoms with van der Waals surface area (Å²) in [5.74, 6) is -0.612. The van der Waals surface area contributed by atoms with Crippen molar-refractivity contribution in [1.29, 1.82) is 0 Å². The normalized spacial score (nSPS) is 12.3. The minimum Gasteiger partial charge on any atom is -0.475 e. The van der Waals surface area contributed by atoms with Gasteiger partial charge in [-0.25, -0.2) is 10.1 Å². The highest BCUT2D eigenvalue weighted by Gasteiger charge is 2.25. The number of thiophene rings is 1. The lowest BCUT2D eigenvalue weighted by Gasteiger charge is -2.08. The van der Waals surface area contributed by atoms with Crippen LogP contribution < -0.4 is 10.2 Å². The molecule has 0 saturated carbocycles. The van der Waals surface area contributed by atoms with E-state index in [0.29, 0.717) is 0 Å². The molecular formula is C12H12BrN5O4S. The molecule has 9 nitrogen and oxygen atoms in total. The lowest BCUT2D eigenvalue weighted by Crippen LogP contribution is -2.27. The van der Waals surface area contributed by atoms with Crippen LogP contribution in [0.5, 0.6) is 5.88 Å². The zero-order valence-corrected chi connectivity index (χ0v) is 14.5. The Morgan fingerprint density at radius 1 is 1.65 bits per heavy atom. The molecular weight excluding hydrogens is 390 g/mol. The maximum absolute atomic E-state index is 12.0. The first-order valence-electron chi connectivity index (χ1n) is 6.28. The number of rotatable bonds is 6. The van der Waals surface area contributed by atoms with Gasteiger partial charge < -0.3 is 4.74 Å². The lowest BCUT2D eigenvalue weighted by atomic mass is 10.3. The molecule has 2 heterocycles. The minimum atomic E-state index is -0.787. The average Bonchev–Trinajstić information content (AvgIpc) is 3.12. The van der Waals surface area contributed by atoms with Gasteiger partial charge in [0.2, 0.25) is 0 Å². The fourth-order valence-electron chi connectivity index (χ4n) is 1.61. The number of nitro groups is 1. The summed E-state index contributed by atoms with van der Waals surface area (Å²) in [6.07, 6.45) is 2.65. The van der Waals surface area contributed by atoms with Crippen LogP contribution in [0.15, 0.2) is 27.2 Å². The molecule has 2 aromatic rings. The van der Waals surface area contributed by atoms with Crippen molar-refractivity contribution in [2.45, 2.75) is 13.0 Å². The molecule has 0 aromatic carbocycles. The van der Waals surface area contributed by atoms with Crippen LogP contribution in [-0.4, -0.2) is 33.9 Å². The van der Waals surface area contributed by atoms with Gasteiger partial charge in [-0.1, -0.05) is 0 Å². The molecule has 1 N–H and O–H groups in total. The number of methoxy groups -OCH3 is 1. The van der Waals surface area contributed by atoms with Gasteiger partial charge in [-0.3, -0.25) is 14.9 Å². The van der Waals surface area contributed by atoms with Crippen LogP contribution in [0.3, 0.4) is 0 Å². The minimum absolute atomic E-state index is 0.151. The Balaban J connectivity index is 2.04. The van der Waals surface area contributed by atoms with E-state index < -0.39 is 16.9 Å². The van der Waals surface area contributed by atoms with Crippen molar-refractivity contribution in [2.75, 3.05) is 7.11 Å². The molecule has 1 amide bonds. The van der Waals surface area contributed by atoms with E-state index >= 15 is 0 Å². The van der Waals surface area contributed by atoms with E-state index in [2.05, 4.69) is 31.6 Å². The molecule has 0 saturated heterocycles. The largest absolute Gasteiger partial charge is 0.475 e. The van der Waals surface area contributed by atoms with Crippen LogP contribution in [0.4, 0.5) is 5.69 Å². The van der Waals surface area contributed by atoms with Gasteiger partial charge in [0.25, 0.3) is 5.91 Å². The molecule has 11 heteroatoms. The molecule has 23 heavy (non-hydrogen) atoms. The second-order valence-corrected chi connectivity index (χ2v) is 6.81. The summed E-state index contributed by atoms with van der Waals surface area (Å²) in [6.45, 7) is 1.54. The van der Waals surface area contributed by atoms with Crippen LogP contribution in [0.1, 0.15) is 17.8 Å². The van der Waals surface area contributed by atoms with E-state index in [9.17, 15) is 14.9 Å².